The largest absolute Gasteiger partial charge is 0.435 e. The summed E-state index contributed by atoms with van der Waals surface area (Å²) in [5.74, 6) is -0.608. The van der Waals surface area contributed by atoms with Gasteiger partial charge in [0.2, 0.25) is 0 Å². The maximum atomic E-state index is 12.5. The molecule has 0 fully saturated rings. The Hall–Kier alpha value is -2.24. The Morgan fingerprint density at radius 3 is 2.71 bits per heavy atom. The maximum Gasteiger partial charge on any atom is 0.340 e. The van der Waals surface area contributed by atoms with Gasteiger partial charge >= 0.3 is 5.97 Å². The first-order valence-corrected chi connectivity index (χ1v) is 7.17. The number of hydrogen-bond donors (Lipinski definition) is 1. The van der Waals surface area contributed by atoms with Gasteiger partial charge < -0.3 is 9.84 Å². The summed E-state index contributed by atoms with van der Waals surface area (Å²) in [7, 11) is 0. The van der Waals surface area contributed by atoms with Crippen molar-refractivity contribution in [1.29, 1.82) is 0 Å². The molecule has 0 aliphatic rings. The Morgan fingerprint density at radius 1 is 1.14 bits per heavy atom. The average molecular weight is 300 g/mol. The summed E-state index contributed by atoms with van der Waals surface area (Å²) in [6, 6.07) is 10.5. The molecule has 2 aromatic carbocycles. The van der Waals surface area contributed by atoms with E-state index in [0.717, 1.165) is 15.0 Å². The molecule has 5 heteroatoms. The van der Waals surface area contributed by atoms with Crippen LogP contribution in [0.3, 0.4) is 0 Å². The molecule has 1 heterocycles. The van der Waals surface area contributed by atoms with Gasteiger partial charge in [0.25, 0.3) is 0 Å². The van der Waals surface area contributed by atoms with Gasteiger partial charge in [0.15, 0.2) is 12.2 Å². The number of hydrogen-bond acceptors (Lipinski definition) is 5. The number of aryl methyl sites for hydroxylation is 1. The highest BCUT2D eigenvalue weighted by Gasteiger charge is 2.11. The van der Waals surface area contributed by atoms with E-state index < -0.39 is 12.8 Å². The molecule has 0 amide bonds. The lowest BCUT2D eigenvalue weighted by molar-refractivity contribution is 0.00686. The molecule has 0 bridgehead atoms. The van der Waals surface area contributed by atoms with Crippen molar-refractivity contribution in [3.05, 3.63) is 57.7 Å². The van der Waals surface area contributed by atoms with E-state index in [2.05, 4.69) is 4.74 Å². The van der Waals surface area contributed by atoms with Gasteiger partial charge in [-0.1, -0.05) is 11.6 Å². The summed E-state index contributed by atoms with van der Waals surface area (Å²) < 4.78 is 6.16. The Balaban J connectivity index is 2.27. The molecule has 4 nitrogen and oxygen atoms in total. The standard InChI is InChI=1S/C16H12O4S/c1-9-2-5-13-12(6-9)15(18)11-4-3-10(7-14(11)21-13)16(19)20-8-17/h2-7,17H,8H2,1H3. The molecular weight excluding hydrogens is 288 g/mol. The van der Waals surface area contributed by atoms with Crippen LogP contribution in [0.2, 0.25) is 0 Å². The van der Waals surface area contributed by atoms with Crippen LogP contribution in [-0.2, 0) is 4.74 Å². The normalized spacial score (nSPS) is 11.0. The monoisotopic (exact) mass is 300 g/mol. The summed E-state index contributed by atoms with van der Waals surface area (Å²) in [6.07, 6.45) is 0. The molecule has 0 spiro atoms. The van der Waals surface area contributed by atoms with Crippen molar-refractivity contribution in [2.24, 2.45) is 0 Å². The Morgan fingerprint density at radius 2 is 1.95 bits per heavy atom. The number of rotatable bonds is 2. The lowest BCUT2D eigenvalue weighted by Gasteiger charge is -2.04. The van der Waals surface area contributed by atoms with Crippen molar-refractivity contribution in [2.45, 2.75) is 6.92 Å². The Bertz CT molecular complexity index is 911. The number of benzene rings is 2. The molecule has 0 atom stereocenters. The molecule has 21 heavy (non-hydrogen) atoms. The molecule has 3 rings (SSSR count). The quantitative estimate of drug-likeness (QED) is 0.449. The second kappa shape index (κ2) is 5.27. The molecule has 0 aliphatic heterocycles. The summed E-state index contributed by atoms with van der Waals surface area (Å²) in [5.41, 5.74) is 1.32. The molecule has 0 saturated heterocycles. The fourth-order valence-corrected chi connectivity index (χ4v) is 3.33. The third-order valence-electron chi connectivity index (χ3n) is 3.26. The predicted molar refractivity (Wildman–Crippen MR) is 82.8 cm³/mol. The van der Waals surface area contributed by atoms with Crippen LogP contribution in [0.15, 0.2) is 41.2 Å². The van der Waals surface area contributed by atoms with E-state index in [1.165, 1.54) is 17.4 Å². The van der Waals surface area contributed by atoms with Gasteiger partial charge in [0.1, 0.15) is 0 Å². The Kier molecular flexibility index (Phi) is 3.45. The van der Waals surface area contributed by atoms with Crippen molar-refractivity contribution in [3.63, 3.8) is 0 Å². The molecule has 0 aliphatic carbocycles. The second-order valence-corrected chi connectivity index (χ2v) is 5.79. The second-order valence-electron chi connectivity index (χ2n) is 4.70. The molecule has 1 N–H and O–H groups in total. The third kappa shape index (κ3) is 2.41. The average Bonchev–Trinajstić information content (AvgIpc) is 2.48. The molecule has 106 valence electrons. The number of aliphatic hydroxyl groups is 1. The van der Waals surface area contributed by atoms with Gasteiger partial charge in [-0.15, -0.1) is 11.3 Å². The molecule has 0 radical (unpaired) electrons. The number of ether oxygens (including phenoxy) is 1. The first kappa shape index (κ1) is 13.7. The summed E-state index contributed by atoms with van der Waals surface area (Å²) in [6.45, 7) is 1.28. The maximum absolute atomic E-state index is 12.5. The minimum atomic E-state index is -0.663. The zero-order chi connectivity index (χ0) is 15.0. The molecule has 3 aromatic rings. The zero-order valence-corrected chi connectivity index (χ0v) is 12.1. The van der Waals surface area contributed by atoms with Crippen LogP contribution >= 0.6 is 11.3 Å². The SMILES string of the molecule is Cc1ccc2sc3cc(C(=O)OCO)ccc3c(=O)c2c1. The van der Waals surface area contributed by atoms with Gasteiger partial charge in [-0.3, -0.25) is 4.79 Å². The fourth-order valence-electron chi connectivity index (χ4n) is 2.24. The predicted octanol–water partition coefficient (Wildman–Crippen LogP) is 2.83. The van der Waals surface area contributed by atoms with Crippen LogP contribution in [0.4, 0.5) is 0 Å². The first-order valence-electron chi connectivity index (χ1n) is 6.35. The lowest BCUT2D eigenvalue weighted by atomic mass is 10.1. The highest BCUT2D eigenvalue weighted by Crippen LogP contribution is 2.26. The van der Waals surface area contributed by atoms with Crippen molar-refractivity contribution < 1.29 is 14.6 Å². The number of carbonyl (C=O) groups excluding carboxylic acids is 1. The molecule has 0 unspecified atom stereocenters. The molecular formula is C16H12O4S. The molecule has 1 aromatic heterocycles. The van der Waals surface area contributed by atoms with Gasteiger partial charge in [-0.05, 0) is 37.3 Å². The van der Waals surface area contributed by atoms with Crippen molar-refractivity contribution >= 4 is 37.5 Å². The summed E-state index contributed by atoms with van der Waals surface area (Å²) in [5, 5.41) is 9.91. The van der Waals surface area contributed by atoms with Crippen LogP contribution < -0.4 is 5.43 Å². The van der Waals surface area contributed by atoms with E-state index in [1.54, 1.807) is 12.1 Å². The van der Waals surface area contributed by atoms with Crippen LogP contribution in [0.25, 0.3) is 20.2 Å². The van der Waals surface area contributed by atoms with Gasteiger partial charge in [-0.25, -0.2) is 4.79 Å². The number of aliphatic hydroxyl groups excluding tert-OH is 1. The smallest absolute Gasteiger partial charge is 0.340 e. The topological polar surface area (TPSA) is 63.6 Å². The molecule has 0 saturated carbocycles. The third-order valence-corrected chi connectivity index (χ3v) is 4.39. The van der Waals surface area contributed by atoms with Crippen LogP contribution in [0.1, 0.15) is 15.9 Å². The van der Waals surface area contributed by atoms with Gasteiger partial charge in [0.05, 0.1) is 5.56 Å². The first-order chi connectivity index (χ1) is 10.1. The highest BCUT2D eigenvalue weighted by atomic mass is 32.1. The van der Waals surface area contributed by atoms with E-state index in [9.17, 15) is 9.59 Å². The van der Waals surface area contributed by atoms with Crippen molar-refractivity contribution in [3.8, 4) is 0 Å². The summed E-state index contributed by atoms with van der Waals surface area (Å²) >= 11 is 1.45. The highest BCUT2D eigenvalue weighted by molar-refractivity contribution is 7.24. The van der Waals surface area contributed by atoms with Crippen LogP contribution in [-0.4, -0.2) is 17.9 Å². The number of carbonyl (C=O) groups is 1. The lowest BCUT2D eigenvalue weighted by Crippen LogP contribution is -2.07. The number of esters is 1. The van der Waals surface area contributed by atoms with E-state index in [1.807, 2.05) is 25.1 Å². The van der Waals surface area contributed by atoms with Crippen LogP contribution in [0.5, 0.6) is 0 Å². The zero-order valence-electron chi connectivity index (χ0n) is 11.3. The summed E-state index contributed by atoms with van der Waals surface area (Å²) in [4.78, 5) is 24.1. The minimum absolute atomic E-state index is 0.0375. The minimum Gasteiger partial charge on any atom is -0.435 e. The van der Waals surface area contributed by atoms with E-state index in [0.29, 0.717) is 16.3 Å². The van der Waals surface area contributed by atoms with Crippen molar-refractivity contribution in [2.75, 3.05) is 6.79 Å². The Labute approximate surface area is 124 Å². The fraction of sp³-hybridized carbons (Fsp3) is 0.125. The van der Waals surface area contributed by atoms with Crippen molar-refractivity contribution in [1.82, 2.24) is 0 Å². The van der Waals surface area contributed by atoms with E-state index >= 15 is 0 Å². The van der Waals surface area contributed by atoms with E-state index in [-0.39, 0.29) is 5.43 Å². The van der Waals surface area contributed by atoms with Gasteiger partial charge in [-0.2, -0.15) is 0 Å². The number of fused-ring (bicyclic) bond motifs is 2. The van der Waals surface area contributed by atoms with Crippen LogP contribution in [0, 0.1) is 6.92 Å². The van der Waals surface area contributed by atoms with Gasteiger partial charge in [0, 0.05) is 20.2 Å². The van der Waals surface area contributed by atoms with E-state index in [4.69, 9.17) is 5.11 Å².